The first-order chi connectivity index (χ1) is 7.68. The predicted molar refractivity (Wildman–Crippen MR) is 63.8 cm³/mol. The first-order valence-corrected chi connectivity index (χ1v) is 5.45. The van der Waals surface area contributed by atoms with Gasteiger partial charge in [0.25, 0.3) is 0 Å². The Hall–Kier alpha value is -1.77. The van der Waals surface area contributed by atoms with Gasteiger partial charge in [0.1, 0.15) is 0 Å². The molecule has 0 aliphatic heterocycles. The lowest BCUT2D eigenvalue weighted by atomic mass is 9.86. The summed E-state index contributed by atoms with van der Waals surface area (Å²) in [5, 5.41) is 8.90. The number of nitrogens with two attached hydrogens (primary N) is 1. The van der Waals surface area contributed by atoms with Crippen LogP contribution in [-0.4, -0.2) is 11.1 Å². The first-order valence-electron chi connectivity index (χ1n) is 5.45. The van der Waals surface area contributed by atoms with Gasteiger partial charge < -0.3 is 10.8 Å². The Bertz CT molecular complexity index is 437. The average molecular weight is 217 g/mol. The van der Waals surface area contributed by atoms with Crippen molar-refractivity contribution in [2.24, 2.45) is 5.92 Å². The molecule has 0 radical (unpaired) electrons. The number of anilines is 1. The fraction of sp³-hybridized carbons (Fsp3) is 0.308. The fourth-order valence-corrected chi connectivity index (χ4v) is 2.09. The van der Waals surface area contributed by atoms with Crippen molar-refractivity contribution in [3.8, 4) is 0 Å². The van der Waals surface area contributed by atoms with Crippen LogP contribution in [0, 0.1) is 5.92 Å². The van der Waals surface area contributed by atoms with Crippen LogP contribution in [0.5, 0.6) is 0 Å². The van der Waals surface area contributed by atoms with Crippen LogP contribution in [0.1, 0.15) is 24.8 Å². The molecule has 1 aliphatic rings. The summed E-state index contributed by atoms with van der Waals surface area (Å²) in [6, 6.07) is 7.72. The summed E-state index contributed by atoms with van der Waals surface area (Å²) in [6.07, 6.45) is 4.12. The molecular weight excluding hydrogens is 202 g/mol. The first kappa shape index (κ1) is 10.7. The van der Waals surface area contributed by atoms with E-state index < -0.39 is 5.97 Å². The quantitative estimate of drug-likeness (QED) is 0.748. The van der Waals surface area contributed by atoms with Crippen molar-refractivity contribution in [1.29, 1.82) is 0 Å². The normalized spacial score (nSPS) is 20.2. The number of nitrogen functional groups attached to an aromatic ring is 1. The lowest BCUT2D eigenvalue weighted by molar-refractivity contribution is -0.141. The van der Waals surface area contributed by atoms with E-state index in [0.29, 0.717) is 12.8 Å². The minimum Gasteiger partial charge on any atom is -0.481 e. The van der Waals surface area contributed by atoms with Gasteiger partial charge in [-0.05, 0) is 30.9 Å². The third-order valence-electron chi connectivity index (χ3n) is 3.07. The zero-order chi connectivity index (χ0) is 11.5. The zero-order valence-corrected chi connectivity index (χ0v) is 9.02. The number of aliphatic carboxylic acids is 1. The predicted octanol–water partition coefficient (Wildman–Crippen LogP) is 2.54. The van der Waals surface area contributed by atoms with E-state index in [1.807, 2.05) is 30.3 Å². The molecule has 0 heterocycles. The number of allylic oxidation sites excluding steroid dienone is 2. The van der Waals surface area contributed by atoms with Gasteiger partial charge in [0, 0.05) is 11.3 Å². The van der Waals surface area contributed by atoms with E-state index in [2.05, 4.69) is 0 Å². The number of hydrogen-bond acceptors (Lipinski definition) is 2. The van der Waals surface area contributed by atoms with E-state index in [1.54, 1.807) is 0 Å². The van der Waals surface area contributed by atoms with Gasteiger partial charge in [0.05, 0.1) is 5.92 Å². The molecule has 0 amide bonds. The summed E-state index contributed by atoms with van der Waals surface area (Å²) in [5.74, 6) is -0.926. The number of para-hydroxylation sites is 1. The molecule has 0 saturated carbocycles. The van der Waals surface area contributed by atoms with Crippen molar-refractivity contribution >= 4 is 17.2 Å². The Labute approximate surface area is 94.6 Å². The largest absolute Gasteiger partial charge is 0.481 e. The monoisotopic (exact) mass is 217 g/mol. The maximum absolute atomic E-state index is 10.8. The van der Waals surface area contributed by atoms with Gasteiger partial charge in [0.15, 0.2) is 0 Å². The maximum Gasteiger partial charge on any atom is 0.306 e. The zero-order valence-electron chi connectivity index (χ0n) is 9.02. The summed E-state index contributed by atoms with van der Waals surface area (Å²) >= 11 is 0. The Morgan fingerprint density at radius 1 is 1.38 bits per heavy atom. The van der Waals surface area contributed by atoms with E-state index in [9.17, 15) is 4.79 Å². The van der Waals surface area contributed by atoms with E-state index >= 15 is 0 Å². The molecule has 3 N–H and O–H groups in total. The number of carbonyl (C=O) groups is 1. The molecule has 0 spiro atoms. The summed E-state index contributed by atoms with van der Waals surface area (Å²) in [7, 11) is 0. The Kier molecular flexibility index (Phi) is 2.95. The summed E-state index contributed by atoms with van der Waals surface area (Å²) in [6.45, 7) is 0. The van der Waals surface area contributed by atoms with Crippen molar-refractivity contribution < 1.29 is 9.90 Å². The molecule has 2 rings (SSSR count). The number of carboxylic acid groups (broad SMARTS) is 1. The molecule has 1 unspecified atom stereocenters. The van der Waals surface area contributed by atoms with Gasteiger partial charge in [-0.25, -0.2) is 0 Å². The maximum atomic E-state index is 10.8. The van der Waals surface area contributed by atoms with Gasteiger partial charge in [0.2, 0.25) is 0 Å². The third-order valence-corrected chi connectivity index (χ3v) is 3.07. The molecule has 0 bridgehead atoms. The van der Waals surface area contributed by atoms with Crippen LogP contribution in [-0.2, 0) is 4.79 Å². The Morgan fingerprint density at radius 3 is 2.69 bits per heavy atom. The minimum absolute atomic E-state index is 0.228. The SMILES string of the molecule is Nc1ccccc1C1=CCC(C(=O)O)CC1. The van der Waals surface area contributed by atoms with E-state index in [1.165, 1.54) is 5.57 Å². The lowest BCUT2D eigenvalue weighted by Crippen LogP contribution is -2.15. The van der Waals surface area contributed by atoms with Crippen molar-refractivity contribution in [2.45, 2.75) is 19.3 Å². The molecule has 0 saturated heterocycles. The number of hydrogen-bond donors (Lipinski definition) is 2. The fourth-order valence-electron chi connectivity index (χ4n) is 2.09. The molecule has 3 nitrogen and oxygen atoms in total. The van der Waals surface area contributed by atoms with Crippen LogP contribution in [0.3, 0.4) is 0 Å². The highest BCUT2D eigenvalue weighted by Crippen LogP contribution is 2.32. The molecule has 1 aliphatic carbocycles. The smallest absolute Gasteiger partial charge is 0.306 e. The van der Waals surface area contributed by atoms with Gasteiger partial charge >= 0.3 is 5.97 Å². The summed E-state index contributed by atoms with van der Waals surface area (Å²) in [4.78, 5) is 10.8. The van der Waals surface area contributed by atoms with Crippen LogP contribution >= 0.6 is 0 Å². The second-order valence-corrected chi connectivity index (χ2v) is 4.13. The Morgan fingerprint density at radius 2 is 2.12 bits per heavy atom. The minimum atomic E-state index is -0.698. The van der Waals surface area contributed by atoms with Crippen LogP contribution in [0.25, 0.3) is 5.57 Å². The molecule has 0 aromatic heterocycles. The van der Waals surface area contributed by atoms with Gasteiger partial charge in [-0.1, -0.05) is 24.3 Å². The second-order valence-electron chi connectivity index (χ2n) is 4.13. The van der Waals surface area contributed by atoms with Crippen LogP contribution in [0.15, 0.2) is 30.3 Å². The highest BCUT2D eigenvalue weighted by Gasteiger charge is 2.21. The van der Waals surface area contributed by atoms with Crippen LogP contribution < -0.4 is 5.73 Å². The van der Waals surface area contributed by atoms with Crippen LogP contribution in [0.2, 0.25) is 0 Å². The molecule has 3 heteroatoms. The van der Waals surface area contributed by atoms with E-state index in [0.717, 1.165) is 17.7 Å². The van der Waals surface area contributed by atoms with E-state index in [-0.39, 0.29) is 5.92 Å². The van der Waals surface area contributed by atoms with Crippen molar-refractivity contribution in [2.75, 3.05) is 5.73 Å². The number of rotatable bonds is 2. The second kappa shape index (κ2) is 4.39. The lowest BCUT2D eigenvalue weighted by Gasteiger charge is -2.19. The summed E-state index contributed by atoms with van der Waals surface area (Å²) < 4.78 is 0. The van der Waals surface area contributed by atoms with Gasteiger partial charge in [-0.3, -0.25) is 4.79 Å². The molecule has 84 valence electrons. The molecule has 1 aromatic carbocycles. The number of carboxylic acids is 1. The average Bonchev–Trinajstić information content (AvgIpc) is 2.30. The van der Waals surface area contributed by atoms with E-state index in [4.69, 9.17) is 10.8 Å². The standard InChI is InChI=1S/C13H15NO2/c14-12-4-2-1-3-11(12)9-5-7-10(8-6-9)13(15)16/h1-5,10H,6-8,14H2,(H,15,16). The van der Waals surface area contributed by atoms with Crippen molar-refractivity contribution in [3.63, 3.8) is 0 Å². The molecule has 0 fully saturated rings. The van der Waals surface area contributed by atoms with Crippen LogP contribution in [0.4, 0.5) is 5.69 Å². The van der Waals surface area contributed by atoms with Gasteiger partial charge in [-0.15, -0.1) is 0 Å². The molecular formula is C13H15NO2. The van der Waals surface area contributed by atoms with Crippen molar-refractivity contribution in [3.05, 3.63) is 35.9 Å². The van der Waals surface area contributed by atoms with Gasteiger partial charge in [-0.2, -0.15) is 0 Å². The third kappa shape index (κ3) is 2.08. The summed E-state index contributed by atoms with van der Waals surface area (Å²) in [5.41, 5.74) is 8.88. The number of benzene rings is 1. The Balaban J connectivity index is 2.19. The highest BCUT2D eigenvalue weighted by atomic mass is 16.4. The molecule has 16 heavy (non-hydrogen) atoms. The molecule has 1 atom stereocenters. The molecule has 1 aromatic rings. The highest BCUT2D eigenvalue weighted by molar-refractivity contribution is 5.78. The topological polar surface area (TPSA) is 63.3 Å². The van der Waals surface area contributed by atoms with Crippen molar-refractivity contribution in [1.82, 2.24) is 0 Å².